The third kappa shape index (κ3) is 2.18. The highest BCUT2D eigenvalue weighted by molar-refractivity contribution is 5.91. The molecule has 13 heavy (non-hydrogen) atoms. The zero-order valence-corrected chi connectivity index (χ0v) is 7.90. The van der Waals surface area contributed by atoms with Crippen LogP contribution in [-0.4, -0.2) is 20.9 Å². The highest BCUT2D eigenvalue weighted by Crippen LogP contribution is 2.10. The van der Waals surface area contributed by atoms with Crippen LogP contribution >= 0.6 is 0 Å². The van der Waals surface area contributed by atoms with Gasteiger partial charge in [-0.3, -0.25) is 4.68 Å². The predicted octanol–water partition coefficient (Wildman–Crippen LogP) is 1.22. The molecular formula is C9H12N2O2. The lowest BCUT2D eigenvalue weighted by molar-refractivity contribution is -0.132. The van der Waals surface area contributed by atoms with Gasteiger partial charge in [0.1, 0.15) is 0 Å². The van der Waals surface area contributed by atoms with Crippen LogP contribution in [0.4, 0.5) is 0 Å². The number of carboxylic acids is 1. The summed E-state index contributed by atoms with van der Waals surface area (Å²) in [4.78, 5) is 10.5. The van der Waals surface area contributed by atoms with Crippen molar-refractivity contribution in [2.45, 2.75) is 13.8 Å². The molecule has 0 saturated carbocycles. The van der Waals surface area contributed by atoms with E-state index in [2.05, 4.69) is 5.10 Å². The Balaban J connectivity index is 3.03. The first-order valence-corrected chi connectivity index (χ1v) is 3.92. The van der Waals surface area contributed by atoms with Gasteiger partial charge >= 0.3 is 5.97 Å². The molecule has 0 aliphatic heterocycles. The Labute approximate surface area is 76.5 Å². The van der Waals surface area contributed by atoms with Gasteiger partial charge in [-0.15, -0.1) is 0 Å². The molecule has 0 bridgehead atoms. The van der Waals surface area contributed by atoms with E-state index in [1.165, 1.54) is 0 Å². The molecule has 0 atom stereocenters. The zero-order chi connectivity index (χ0) is 10.0. The molecule has 0 aliphatic rings. The highest BCUT2D eigenvalue weighted by Gasteiger charge is 2.03. The summed E-state index contributed by atoms with van der Waals surface area (Å²) < 4.78 is 1.66. The molecule has 4 nitrogen and oxygen atoms in total. The van der Waals surface area contributed by atoms with E-state index in [-0.39, 0.29) is 0 Å². The predicted molar refractivity (Wildman–Crippen MR) is 49.2 cm³/mol. The van der Waals surface area contributed by atoms with Gasteiger partial charge in [-0.25, -0.2) is 4.79 Å². The van der Waals surface area contributed by atoms with Crippen molar-refractivity contribution in [2.75, 3.05) is 0 Å². The van der Waals surface area contributed by atoms with E-state index in [4.69, 9.17) is 5.11 Å². The van der Waals surface area contributed by atoms with E-state index in [1.54, 1.807) is 30.9 Å². The van der Waals surface area contributed by atoms with Gasteiger partial charge in [0.25, 0.3) is 0 Å². The van der Waals surface area contributed by atoms with Gasteiger partial charge in [0.05, 0.1) is 5.69 Å². The minimum absolute atomic E-state index is 0.316. The number of rotatable bonds is 2. The van der Waals surface area contributed by atoms with Crippen molar-refractivity contribution in [1.29, 1.82) is 0 Å². The number of hydrogen-bond donors (Lipinski definition) is 1. The van der Waals surface area contributed by atoms with E-state index in [0.29, 0.717) is 5.57 Å². The molecule has 0 radical (unpaired) electrons. The molecule has 0 saturated heterocycles. The fraction of sp³-hybridized carbons (Fsp3) is 0.333. The van der Waals surface area contributed by atoms with E-state index in [1.807, 2.05) is 6.92 Å². The van der Waals surface area contributed by atoms with Crippen LogP contribution in [0.25, 0.3) is 6.08 Å². The second kappa shape index (κ2) is 3.43. The lowest BCUT2D eigenvalue weighted by Gasteiger charge is -1.91. The molecule has 0 fully saturated rings. The monoisotopic (exact) mass is 180 g/mol. The molecule has 1 aromatic rings. The standard InChI is InChI=1S/C9H12N2O2/c1-6(9(12)13)4-8-5-11(3)10-7(8)2/h4-5H,1-3H3,(H,12,13). The molecule has 1 rings (SSSR count). The molecule has 1 N–H and O–H groups in total. The Morgan fingerprint density at radius 3 is 2.69 bits per heavy atom. The maximum Gasteiger partial charge on any atom is 0.331 e. The Kier molecular flexibility index (Phi) is 2.51. The van der Waals surface area contributed by atoms with Gasteiger partial charge in [-0.2, -0.15) is 5.10 Å². The number of aryl methyl sites for hydroxylation is 2. The van der Waals surface area contributed by atoms with Crippen molar-refractivity contribution in [3.8, 4) is 0 Å². The lowest BCUT2D eigenvalue weighted by Crippen LogP contribution is -1.95. The summed E-state index contributed by atoms with van der Waals surface area (Å²) in [6.45, 7) is 3.41. The molecule has 0 spiro atoms. The minimum atomic E-state index is -0.900. The van der Waals surface area contributed by atoms with Crippen molar-refractivity contribution >= 4 is 12.0 Å². The molecule has 0 aliphatic carbocycles. The summed E-state index contributed by atoms with van der Waals surface area (Å²) in [7, 11) is 1.81. The van der Waals surface area contributed by atoms with Crippen LogP contribution in [0.5, 0.6) is 0 Å². The van der Waals surface area contributed by atoms with Crippen LogP contribution < -0.4 is 0 Å². The second-order valence-electron chi connectivity index (χ2n) is 2.98. The summed E-state index contributed by atoms with van der Waals surface area (Å²) in [5.41, 5.74) is 2.00. The quantitative estimate of drug-likeness (QED) is 0.696. The fourth-order valence-corrected chi connectivity index (χ4v) is 1.05. The Bertz CT molecular complexity index is 364. The van der Waals surface area contributed by atoms with Crippen LogP contribution in [0, 0.1) is 6.92 Å². The van der Waals surface area contributed by atoms with Gasteiger partial charge in [0.2, 0.25) is 0 Å². The Morgan fingerprint density at radius 2 is 2.31 bits per heavy atom. The van der Waals surface area contributed by atoms with E-state index < -0.39 is 5.97 Å². The van der Waals surface area contributed by atoms with E-state index in [9.17, 15) is 4.79 Å². The Morgan fingerprint density at radius 1 is 1.69 bits per heavy atom. The SMILES string of the molecule is CC(=Cc1cn(C)nc1C)C(=O)O. The van der Waals surface area contributed by atoms with Crippen molar-refractivity contribution < 1.29 is 9.90 Å². The maximum absolute atomic E-state index is 10.5. The fourth-order valence-electron chi connectivity index (χ4n) is 1.05. The first-order chi connectivity index (χ1) is 6.00. The van der Waals surface area contributed by atoms with Crippen LogP contribution in [-0.2, 0) is 11.8 Å². The summed E-state index contributed by atoms with van der Waals surface area (Å²) in [6.07, 6.45) is 3.41. The van der Waals surface area contributed by atoms with Gasteiger partial charge < -0.3 is 5.11 Å². The van der Waals surface area contributed by atoms with Crippen LogP contribution in [0.2, 0.25) is 0 Å². The number of aliphatic carboxylic acids is 1. The molecule has 0 amide bonds. The molecule has 4 heteroatoms. The number of nitrogens with zero attached hydrogens (tertiary/aromatic N) is 2. The summed E-state index contributed by atoms with van der Waals surface area (Å²) >= 11 is 0. The van der Waals surface area contributed by atoms with Crippen molar-refractivity contribution in [3.05, 3.63) is 23.0 Å². The van der Waals surface area contributed by atoms with E-state index >= 15 is 0 Å². The maximum atomic E-state index is 10.5. The molecule has 70 valence electrons. The number of carboxylic acid groups (broad SMARTS) is 1. The summed E-state index contributed by atoms with van der Waals surface area (Å²) in [5.74, 6) is -0.900. The first kappa shape index (κ1) is 9.51. The zero-order valence-electron chi connectivity index (χ0n) is 7.90. The van der Waals surface area contributed by atoms with Gasteiger partial charge in [-0.1, -0.05) is 0 Å². The van der Waals surface area contributed by atoms with Gasteiger partial charge in [0.15, 0.2) is 0 Å². The largest absolute Gasteiger partial charge is 0.478 e. The second-order valence-corrected chi connectivity index (χ2v) is 2.98. The minimum Gasteiger partial charge on any atom is -0.478 e. The molecular weight excluding hydrogens is 168 g/mol. The highest BCUT2D eigenvalue weighted by atomic mass is 16.4. The molecule has 0 unspecified atom stereocenters. The topological polar surface area (TPSA) is 55.1 Å². The number of carbonyl (C=O) groups is 1. The lowest BCUT2D eigenvalue weighted by atomic mass is 10.2. The molecule has 0 aromatic carbocycles. The third-order valence-corrected chi connectivity index (χ3v) is 1.76. The number of hydrogen-bond acceptors (Lipinski definition) is 2. The van der Waals surface area contributed by atoms with Crippen molar-refractivity contribution in [2.24, 2.45) is 7.05 Å². The third-order valence-electron chi connectivity index (χ3n) is 1.76. The van der Waals surface area contributed by atoms with E-state index in [0.717, 1.165) is 11.3 Å². The first-order valence-electron chi connectivity index (χ1n) is 3.92. The number of aromatic nitrogens is 2. The van der Waals surface area contributed by atoms with Gasteiger partial charge in [0, 0.05) is 24.4 Å². The summed E-state index contributed by atoms with van der Waals surface area (Å²) in [6, 6.07) is 0. The van der Waals surface area contributed by atoms with Crippen molar-refractivity contribution in [3.63, 3.8) is 0 Å². The van der Waals surface area contributed by atoms with Crippen LogP contribution in [0.3, 0.4) is 0 Å². The average Bonchev–Trinajstić information content (AvgIpc) is 2.30. The smallest absolute Gasteiger partial charge is 0.331 e. The van der Waals surface area contributed by atoms with Crippen LogP contribution in [0.15, 0.2) is 11.8 Å². The van der Waals surface area contributed by atoms with Crippen molar-refractivity contribution in [1.82, 2.24) is 9.78 Å². The van der Waals surface area contributed by atoms with Gasteiger partial charge in [-0.05, 0) is 19.9 Å². The molecule has 1 aromatic heterocycles. The van der Waals surface area contributed by atoms with Crippen LogP contribution in [0.1, 0.15) is 18.2 Å². The Hall–Kier alpha value is -1.58. The molecule has 1 heterocycles. The summed E-state index contributed by atoms with van der Waals surface area (Å²) in [5, 5.41) is 12.7. The average molecular weight is 180 g/mol. The normalized spacial score (nSPS) is 11.8.